The number of nitrogens with zero attached hydrogens (tertiary/aromatic N) is 3. The molecule has 6 aliphatic heterocycles. The number of thiazole rings is 1. The van der Waals surface area contributed by atoms with Crippen LogP contribution in [0, 0.1) is 0 Å². The molecule has 16 heteroatoms. The summed E-state index contributed by atoms with van der Waals surface area (Å²) in [5.41, 5.74) is 20.6. The number of H-pyrrole nitrogens is 5. The number of ether oxygens (including phenoxy) is 2. The van der Waals surface area contributed by atoms with Gasteiger partial charge in [-0.25, -0.2) is 15.0 Å². The third-order valence-corrected chi connectivity index (χ3v) is 15.8. The third kappa shape index (κ3) is 17.9. The van der Waals surface area contributed by atoms with Crippen molar-refractivity contribution in [2.75, 3.05) is 44.8 Å². The number of benzene rings is 5. The van der Waals surface area contributed by atoms with Gasteiger partial charge in [0, 0.05) is 105 Å². The fourth-order valence-corrected chi connectivity index (χ4v) is 11.2. The molecule has 0 saturated carbocycles. The first kappa shape index (κ1) is 59.4. The summed E-state index contributed by atoms with van der Waals surface area (Å²) >= 11 is 1.81. The van der Waals surface area contributed by atoms with E-state index in [1.807, 2.05) is 96.1 Å². The Morgan fingerprint density at radius 2 is 1.01 bits per heavy atom. The monoisotopic (exact) mass is 1130 g/mol. The smallest absolute Gasteiger partial charge is 0.231 e. The molecule has 0 radical (unpaired) electrons. The van der Waals surface area contributed by atoms with E-state index in [0.29, 0.717) is 6.79 Å². The molecule has 83 heavy (non-hydrogen) atoms. The second-order valence-corrected chi connectivity index (χ2v) is 21.3. The highest BCUT2D eigenvalue weighted by Gasteiger charge is 2.13. The first-order valence-corrected chi connectivity index (χ1v) is 29.8. The summed E-state index contributed by atoms with van der Waals surface area (Å²) in [5.74, 6) is 1.69. The van der Waals surface area contributed by atoms with Crippen LogP contribution in [0.1, 0.15) is 81.4 Å². The zero-order valence-corrected chi connectivity index (χ0v) is 47.6. The lowest BCUT2D eigenvalue weighted by atomic mass is 10.0. The quantitative estimate of drug-likeness (QED) is 0.0698. The number of aryl methyl sites for hydroxylation is 2. The van der Waals surface area contributed by atoms with Crippen molar-refractivity contribution in [2.45, 2.75) is 91.4 Å². The van der Waals surface area contributed by atoms with E-state index in [-0.39, 0.29) is 7.43 Å². The number of nitrogens with one attached hydrogen (secondary N) is 10. The molecular formula is C67H81N13O2S. The van der Waals surface area contributed by atoms with Crippen molar-refractivity contribution in [3.8, 4) is 11.5 Å². The molecule has 18 rings (SSSR count). The van der Waals surface area contributed by atoms with Gasteiger partial charge in [0.05, 0.1) is 46.3 Å². The summed E-state index contributed by atoms with van der Waals surface area (Å²) in [6, 6.07) is 47.3. The Bertz CT molecular complexity index is 3080. The van der Waals surface area contributed by atoms with Crippen LogP contribution in [0.3, 0.4) is 0 Å². The van der Waals surface area contributed by atoms with Gasteiger partial charge in [0.15, 0.2) is 11.5 Å². The SMILES string of the molecule is C.c1cc2c([nH]1)CCNC2.c1cc2c([nH]1)CNCC2.c1ccc2[nH]ccc2c1.c1ccc2[nH]cnc2c1.c1ccc2c(c1)CCN2.c1ccc2c(c1)CCNC2.c1ccc2c(c1)OCO2.c1nc2c([nH]1)CNCC2.c1nc2c(s1)CCCC2. The van der Waals surface area contributed by atoms with Gasteiger partial charge in [-0.3, -0.25) is 0 Å². The maximum Gasteiger partial charge on any atom is 0.231 e. The zero-order valence-electron chi connectivity index (χ0n) is 46.7. The number of imidazole rings is 2. The molecule has 1 aliphatic carbocycles. The van der Waals surface area contributed by atoms with E-state index in [1.165, 1.54) is 123 Å². The second-order valence-electron chi connectivity index (χ2n) is 20.4. The Labute approximate surface area is 492 Å². The van der Waals surface area contributed by atoms with E-state index < -0.39 is 0 Å². The predicted molar refractivity (Wildman–Crippen MR) is 339 cm³/mol. The van der Waals surface area contributed by atoms with Crippen LogP contribution < -0.4 is 36.1 Å². The summed E-state index contributed by atoms with van der Waals surface area (Å²) < 4.78 is 10.2. The Balaban J connectivity index is 0.000000112. The van der Waals surface area contributed by atoms with Crippen molar-refractivity contribution in [1.82, 2.24) is 61.1 Å². The van der Waals surface area contributed by atoms with E-state index in [4.69, 9.17) is 9.47 Å². The molecule has 12 heterocycles. The van der Waals surface area contributed by atoms with Gasteiger partial charge in [-0.05, 0) is 146 Å². The number of aromatic nitrogens is 8. The highest BCUT2D eigenvalue weighted by atomic mass is 32.1. The van der Waals surface area contributed by atoms with Gasteiger partial charge < -0.3 is 61.0 Å². The van der Waals surface area contributed by atoms with Gasteiger partial charge in [0.1, 0.15) is 0 Å². The molecule has 15 nitrogen and oxygen atoms in total. The van der Waals surface area contributed by atoms with E-state index in [2.05, 4.69) is 145 Å². The number of rotatable bonds is 0. The average molecular weight is 1130 g/mol. The van der Waals surface area contributed by atoms with Crippen molar-refractivity contribution < 1.29 is 9.47 Å². The van der Waals surface area contributed by atoms with Crippen molar-refractivity contribution in [3.05, 3.63) is 237 Å². The normalized spacial score (nSPS) is 14.8. The van der Waals surface area contributed by atoms with E-state index in [1.54, 1.807) is 12.7 Å². The maximum atomic E-state index is 5.08. The van der Waals surface area contributed by atoms with E-state index >= 15 is 0 Å². The lowest BCUT2D eigenvalue weighted by molar-refractivity contribution is 0.174. The number of fused-ring (bicyclic) bond motifs is 9. The van der Waals surface area contributed by atoms with Crippen LogP contribution in [-0.4, -0.2) is 79.4 Å². The lowest BCUT2D eigenvalue weighted by Crippen LogP contribution is -2.23. The third-order valence-electron chi connectivity index (χ3n) is 14.8. The van der Waals surface area contributed by atoms with Crippen LogP contribution in [0.15, 0.2) is 176 Å². The molecular weight excluding hydrogens is 1050 g/mol. The summed E-state index contributed by atoms with van der Waals surface area (Å²) in [7, 11) is 0. The molecule has 0 atom stereocenters. The molecule has 432 valence electrons. The Morgan fingerprint density at radius 3 is 1.77 bits per heavy atom. The van der Waals surface area contributed by atoms with Crippen LogP contribution in [0.4, 0.5) is 5.69 Å². The van der Waals surface area contributed by atoms with Crippen molar-refractivity contribution in [1.29, 1.82) is 0 Å². The van der Waals surface area contributed by atoms with Crippen molar-refractivity contribution >= 4 is 39.0 Å². The number of para-hydroxylation sites is 6. The first-order valence-electron chi connectivity index (χ1n) is 28.9. The van der Waals surface area contributed by atoms with Crippen molar-refractivity contribution in [2.24, 2.45) is 0 Å². The van der Waals surface area contributed by atoms with Gasteiger partial charge in [-0.2, -0.15) is 0 Å². The molecule has 0 fully saturated rings. The minimum atomic E-state index is 0. The van der Waals surface area contributed by atoms with Crippen LogP contribution in [0.2, 0.25) is 0 Å². The standard InChI is InChI=1S/C9H11N.C8H9N.C8H7N.2C7H10N2.C7H6N2.C7H9NS.C7H6O2.C6H9N3.CH4/c1-2-4-9-7-10-6-5-8(9)3-1;2*1-2-4-8-7(3-1)5-6-9-8;1-4-9-7-2-3-8-5-6(1)7;1-3-8-5-7-6(1)2-4-9-7;3*1-2-4-7-6(3-1)8-5-9-7;1-2-7-3-6-5(1)8-4-9-6;/h1-4,10H,5-7H2;1-4,9H,5-6H2;1-6,9H;1,4,8-9H,2-3,5H2;2,4,8-9H,1,3,5H2;1-5H,(H,8,9);5H,1-4H2;1-4H,5H2;4,7H,1-3H2,(H,8,9);1H4. The summed E-state index contributed by atoms with van der Waals surface area (Å²) in [5, 5.41) is 17.8. The first-order chi connectivity index (χ1) is 40.7. The highest BCUT2D eigenvalue weighted by Crippen LogP contribution is 2.30. The lowest BCUT2D eigenvalue weighted by Gasteiger charge is -2.15. The fraction of sp³-hybridized carbons (Fsp3) is 0.299. The van der Waals surface area contributed by atoms with Crippen LogP contribution in [0.5, 0.6) is 11.5 Å². The molecule has 5 aromatic carbocycles. The Morgan fingerprint density at radius 1 is 0.398 bits per heavy atom. The Hall–Kier alpha value is -8.25. The van der Waals surface area contributed by atoms with Gasteiger partial charge >= 0.3 is 0 Å². The molecule has 10 N–H and O–H groups in total. The largest absolute Gasteiger partial charge is 0.454 e. The molecule has 0 saturated heterocycles. The predicted octanol–water partition coefficient (Wildman–Crippen LogP) is 12.2. The molecule has 0 unspecified atom stereocenters. The van der Waals surface area contributed by atoms with Crippen LogP contribution in [-0.2, 0) is 71.1 Å². The number of hydrogen-bond acceptors (Lipinski definition) is 11. The molecule has 0 spiro atoms. The number of aromatic amines is 5. The summed E-state index contributed by atoms with van der Waals surface area (Å²) in [6.07, 6.45) is 20.4. The van der Waals surface area contributed by atoms with Gasteiger partial charge in [0.2, 0.25) is 6.79 Å². The molecule has 11 aromatic rings. The Kier molecular flexibility index (Phi) is 23.2. The summed E-state index contributed by atoms with van der Waals surface area (Å²) in [6.45, 7) is 9.98. The maximum absolute atomic E-state index is 5.08. The summed E-state index contributed by atoms with van der Waals surface area (Å²) in [4.78, 5) is 29.7. The minimum Gasteiger partial charge on any atom is -0.454 e. The van der Waals surface area contributed by atoms with Crippen LogP contribution >= 0.6 is 11.3 Å². The fourth-order valence-electron chi connectivity index (χ4n) is 10.3. The van der Waals surface area contributed by atoms with Crippen molar-refractivity contribution in [3.63, 3.8) is 0 Å². The molecule has 0 amide bonds. The topological polar surface area (TPSA) is 196 Å². The van der Waals surface area contributed by atoms with E-state index in [0.717, 1.165) is 94.3 Å². The number of anilines is 1. The highest BCUT2D eigenvalue weighted by molar-refractivity contribution is 7.09. The molecule has 6 aromatic heterocycles. The molecule has 7 aliphatic rings. The van der Waals surface area contributed by atoms with Gasteiger partial charge in [-0.1, -0.05) is 92.4 Å². The average Bonchev–Trinajstić information content (AvgIpc) is 4.42. The zero-order chi connectivity index (χ0) is 55.6. The molecule has 0 bridgehead atoms. The van der Waals surface area contributed by atoms with E-state index in [9.17, 15) is 0 Å². The second kappa shape index (κ2) is 32.4. The van der Waals surface area contributed by atoms with Crippen LogP contribution in [0.25, 0.3) is 21.9 Å². The van der Waals surface area contributed by atoms with Gasteiger partial charge in [-0.15, -0.1) is 11.3 Å². The van der Waals surface area contributed by atoms with Gasteiger partial charge in [0.25, 0.3) is 0 Å². The number of hydrogen-bond donors (Lipinski definition) is 10. The minimum absolute atomic E-state index is 0.